The van der Waals surface area contributed by atoms with E-state index in [1.165, 1.54) is 58.2 Å². The fraction of sp³-hybridized carbons (Fsp3) is 1.00. The molecule has 0 radical (unpaired) electrons. The summed E-state index contributed by atoms with van der Waals surface area (Å²) in [6.45, 7) is 6.34. The van der Waals surface area contributed by atoms with Gasteiger partial charge < -0.3 is 5.32 Å². The maximum atomic E-state index is 3.79. The first-order chi connectivity index (χ1) is 7.88. The fourth-order valence-corrected chi connectivity index (χ4v) is 4.35. The molecule has 92 valence electrons. The van der Waals surface area contributed by atoms with E-state index in [2.05, 4.69) is 17.1 Å². The van der Waals surface area contributed by atoms with Gasteiger partial charge in [-0.05, 0) is 57.0 Å². The second kappa shape index (κ2) is 4.66. The quantitative estimate of drug-likeness (QED) is 0.788. The lowest BCUT2D eigenvalue weighted by Crippen LogP contribution is -2.42. The van der Waals surface area contributed by atoms with Crippen molar-refractivity contribution in [2.75, 3.05) is 19.6 Å². The van der Waals surface area contributed by atoms with Crippen LogP contribution in [0, 0.1) is 11.8 Å². The van der Waals surface area contributed by atoms with Gasteiger partial charge in [0, 0.05) is 18.6 Å². The topological polar surface area (TPSA) is 15.3 Å². The van der Waals surface area contributed by atoms with Crippen LogP contribution in [0.5, 0.6) is 0 Å². The summed E-state index contributed by atoms with van der Waals surface area (Å²) in [4.78, 5) is 2.76. The van der Waals surface area contributed by atoms with Crippen LogP contribution in [0.1, 0.15) is 45.4 Å². The summed E-state index contributed by atoms with van der Waals surface area (Å²) in [6.07, 6.45) is 8.69. The van der Waals surface area contributed by atoms with Crippen LogP contribution in [0.3, 0.4) is 0 Å². The molecule has 1 aliphatic carbocycles. The average Bonchev–Trinajstić information content (AvgIpc) is 2.96. The number of nitrogens with zero attached hydrogens (tertiary/aromatic N) is 1. The van der Waals surface area contributed by atoms with Crippen LogP contribution in [-0.2, 0) is 0 Å². The summed E-state index contributed by atoms with van der Waals surface area (Å²) in [5, 5.41) is 3.79. The summed E-state index contributed by atoms with van der Waals surface area (Å²) in [5.41, 5.74) is 0. The summed E-state index contributed by atoms with van der Waals surface area (Å²) in [5.74, 6) is 2.03. The van der Waals surface area contributed by atoms with Gasteiger partial charge in [0.25, 0.3) is 0 Å². The van der Waals surface area contributed by atoms with E-state index in [1.54, 1.807) is 0 Å². The van der Waals surface area contributed by atoms with E-state index >= 15 is 0 Å². The number of fused-ring (bicyclic) bond motifs is 1. The first-order valence-corrected chi connectivity index (χ1v) is 7.36. The molecule has 0 spiro atoms. The van der Waals surface area contributed by atoms with E-state index in [0.29, 0.717) is 0 Å². The molecule has 2 aliphatic heterocycles. The first kappa shape index (κ1) is 11.0. The SMILES string of the molecule is CCC1CCCN1CC1NCC2CCCC21. The van der Waals surface area contributed by atoms with Gasteiger partial charge in [-0.2, -0.15) is 0 Å². The van der Waals surface area contributed by atoms with E-state index in [9.17, 15) is 0 Å². The molecule has 2 nitrogen and oxygen atoms in total. The zero-order chi connectivity index (χ0) is 11.0. The van der Waals surface area contributed by atoms with Crippen molar-refractivity contribution >= 4 is 0 Å². The Bertz CT molecular complexity index is 241. The summed E-state index contributed by atoms with van der Waals surface area (Å²) < 4.78 is 0. The van der Waals surface area contributed by atoms with Gasteiger partial charge in [-0.3, -0.25) is 4.90 Å². The maximum Gasteiger partial charge on any atom is 0.0226 e. The first-order valence-electron chi connectivity index (χ1n) is 7.36. The zero-order valence-electron chi connectivity index (χ0n) is 10.6. The zero-order valence-corrected chi connectivity index (χ0v) is 10.6. The van der Waals surface area contributed by atoms with Crippen LogP contribution in [0.2, 0.25) is 0 Å². The van der Waals surface area contributed by atoms with Gasteiger partial charge in [0.2, 0.25) is 0 Å². The highest BCUT2D eigenvalue weighted by atomic mass is 15.2. The Kier molecular flexibility index (Phi) is 3.21. The third-order valence-electron chi connectivity index (χ3n) is 5.28. The Labute approximate surface area is 99.8 Å². The van der Waals surface area contributed by atoms with Crippen molar-refractivity contribution in [3.8, 4) is 0 Å². The monoisotopic (exact) mass is 222 g/mol. The second-order valence-electron chi connectivity index (χ2n) is 6.07. The van der Waals surface area contributed by atoms with Gasteiger partial charge in [0.1, 0.15) is 0 Å². The molecule has 2 saturated heterocycles. The number of hydrogen-bond donors (Lipinski definition) is 1. The normalized spacial score (nSPS) is 44.1. The van der Waals surface area contributed by atoms with Crippen LogP contribution in [-0.4, -0.2) is 36.6 Å². The lowest BCUT2D eigenvalue weighted by molar-refractivity contribution is 0.207. The lowest BCUT2D eigenvalue weighted by atomic mass is 9.93. The van der Waals surface area contributed by atoms with Crippen molar-refractivity contribution in [2.24, 2.45) is 11.8 Å². The summed E-state index contributed by atoms with van der Waals surface area (Å²) in [7, 11) is 0. The van der Waals surface area contributed by atoms with Gasteiger partial charge in [0.05, 0.1) is 0 Å². The van der Waals surface area contributed by atoms with Gasteiger partial charge in [0.15, 0.2) is 0 Å². The van der Waals surface area contributed by atoms with Crippen molar-refractivity contribution in [3.63, 3.8) is 0 Å². The molecule has 2 heteroatoms. The van der Waals surface area contributed by atoms with Gasteiger partial charge in [-0.15, -0.1) is 0 Å². The average molecular weight is 222 g/mol. The molecule has 1 saturated carbocycles. The van der Waals surface area contributed by atoms with Crippen LogP contribution in [0.4, 0.5) is 0 Å². The summed E-state index contributed by atoms with van der Waals surface area (Å²) in [6, 6.07) is 1.71. The standard InChI is InChI=1S/C14H26N2/c1-2-12-6-4-8-16(12)10-14-13-7-3-5-11(13)9-15-14/h11-15H,2-10H2,1H3. The van der Waals surface area contributed by atoms with Crippen LogP contribution in [0.15, 0.2) is 0 Å². The molecule has 1 N–H and O–H groups in total. The van der Waals surface area contributed by atoms with E-state index in [0.717, 1.165) is 23.9 Å². The molecular weight excluding hydrogens is 196 g/mol. The highest BCUT2D eigenvalue weighted by Crippen LogP contribution is 2.38. The molecule has 16 heavy (non-hydrogen) atoms. The predicted molar refractivity (Wildman–Crippen MR) is 67.5 cm³/mol. The minimum Gasteiger partial charge on any atom is -0.312 e. The smallest absolute Gasteiger partial charge is 0.0226 e. The Hall–Kier alpha value is -0.0800. The van der Waals surface area contributed by atoms with Gasteiger partial charge >= 0.3 is 0 Å². The lowest BCUT2D eigenvalue weighted by Gasteiger charge is -2.29. The van der Waals surface area contributed by atoms with Crippen molar-refractivity contribution < 1.29 is 0 Å². The highest BCUT2D eigenvalue weighted by molar-refractivity contribution is 4.96. The van der Waals surface area contributed by atoms with Crippen molar-refractivity contribution in [2.45, 2.75) is 57.5 Å². The van der Waals surface area contributed by atoms with Crippen LogP contribution >= 0.6 is 0 Å². The van der Waals surface area contributed by atoms with Gasteiger partial charge in [-0.25, -0.2) is 0 Å². The number of nitrogens with one attached hydrogen (secondary N) is 1. The van der Waals surface area contributed by atoms with Crippen LogP contribution in [0.25, 0.3) is 0 Å². The largest absolute Gasteiger partial charge is 0.312 e. The third-order valence-corrected chi connectivity index (χ3v) is 5.28. The fourth-order valence-electron chi connectivity index (χ4n) is 4.35. The molecule has 0 bridgehead atoms. The maximum absolute atomic E-state index is 3.79. The third kappa shape index (κ3) is 1.91. The Morgan fingerprint density at radius 1 is 1.19 bits per heavy atom. The Morgan fingerprint density at radius 3 is 3.00 bits per heavy atom. The molecule has 2 heterocycles. The number of rotatable bonds is 3. The Balaban J connectivity index is 1.58. The highest BCUT2D eigenvalue weighted by Gasteiger charge is 2.40. The van der Waals surface area contributed by atoms with E-state index < -0.39 is 0 Å². The molecule has 4 atom stereocenters. The molecule has 4 unspecified atom stereocenters. The second-order valence-corrected chi connectivity index (χ2v) is 6.07. The number of hydrogen-bond acceptors (Lipinski definition) is 2. The molecule has 0 aromatic carbocycles. The molecule has 3 fully saturated rings. The molecule has 3 rings (SSSR count). The van der Waals surface area contributed by atoms with Crippen molar-refractivity contribution in [3.05, 3.63) is 0 Å². The van der Waals surface area contributed by atoms with Crippen molar-refractivity contribution in [1.29, 1.82) is 0 Å². The number of likely N-dealkylation sites (tertiary alicyclic amines) is 1. The Morgan fingerprint density at radius 2 is 2.12 bits per heavy atom. The van der Waals surface area contributed by atoms with E-state index in [1.807, 2.05) is 0 Å². The summed E-state index contributed by atoms with van der Waals surface area (Å²) >= 11 is 0. The van der Waals surface area contributed by atoms with E-state index in [4.69, 9.17) is 0 Å². The molecule has 3 aliphatic rings. The molecule has 0 aromatic rings. The van der Waals surface area contributed by atoms with Gasteiger partial charge in [-0.1, -0.05) is 13.3 Å². The molecule has 0 aromatic heterocycles. The molecule has 0 amide bonds. The predicted octanol–water partition coefficient (Wildman–Crippen LogP) is 2.25. The minimum absolute atomic E-state index is 0.819. The van der Waals surface area contributed by atoms with Crippen molar-refractivity contribution in [1.82, 2.24) is 10.2 Å². The minimum atomic E-state index is 0.819. The van der Waals surface area contributed by atoms with E-state index in [-0.39, 0.29) is 0 Å². The molecular formula is C14H26N2. The van der Waals surface area contributed by atoms with Crippen LogP contribution < -0.4 is 5.32 Å².